The van der Waals surface area contributed by atoms with Gasteiger partial charge in [0.15, 0.2) is 0 Å². The lowest BCUT2D eigenvalue weighted by atomic mass is 10.1. The summed E-state index contributed by atoms with van der Waals surface area (Å²) in [7, 11) is 1.12. The van der Waals surface area contributed by atoms with E-state index < -0.39 is 27.3 Å². The van der Waals surface area contributed by atoms with Gasteiger partial charge < -0.3 is 4.74 Å². The van der Waals surface area contributed by atoms with Gasteiger partial charge >= 0.3 is 6.18 Å². The molecule has 0 bridgehead atoms. The third-order valence-corrected chi connectivity index (χ3v) is 2.73. The van der Waals surface area contributed by atoms with Crippen molar-refractivity contribution in [3.8, 4) is 5.88 Å². The molecule has 8 heteroatoms. The number of hydrogen-bond acceptors (Lipinski definition) is 2. The van der Waals surface area contributed by atoms with Crippen molar-refractivity contribution in [2.45, 2.75) is 12.6 Å². The number of rotatable bonds is 2. The SMILES string of the molecule is COc1ncc(C(F)F)c(C(F)(F)F)c1I. The predicted molar refractivity (Wildman–Crippen MR) is 53.5 cm³/mol. The van der Waals surface area contributed by atoms with Crippen molar-refractivity contribution in [1.82, 2.24) is 4.98 Å². The molecule has 16 heavy (non-hydrogen) atoms. The minimum absolute atomic E-state index is 0.322. The molecule has 0 aliphatic rings. The Hall–Kier alpha value is -0.670. The molecule has 0 aliphatic heterocycles. The monoisotopic (exact) mass is 353 g/mol. The third-order valence-electron chi connectivity index (χ3n) is 1.73. The Morgan fingerprint density at radius 2 is 1.94 bits per heavy atom. The molecular formula is C8H5F5INO. The summed E-state index contributed by atoms with van der Waals surface area (Å²) in [6, 6.07) is 0. The molecule has 0 radical (unpaired) electrons. The molecule has 0 N–H and O–H groups in total. The van der Waals surface area contributed by atoms with Crippen LogP contribution in [0.15, 0.2) is 6.20 Å². The number of halogens is 6. The van der Waals surface area contributed by atoms with Crippen molar-refractivity contribution in [3.05, 3.63) is 20.9 Å². The lowest BCUT2D eigenvalue weighted by Crippen LogP contribution is -2.14. The first-order valence-corrected chi connectivity index (χ1v) is 4.94. The van der Waals surface area contributed by atoms with Gasteiger partial charge in [-0.15, -0.1) is 0 Å². The molecule has 0 aliphatic carbocycles. The van der Waals surface area contributed by atoms with Crippen LogP contribution in [0.2, 0.25) is 0 Å². The average molecular weight is 353 g/mol. The summed E-state index contributed by atoms with van der Waals surface area (Å²) >= 11 is 1.28. The lowest BCUT2D eigenvalue weighted by molar-refractivity contribution is -0.140. The van der Waals surface area contributed by atoms with E-state index >= 15 is 0 Å². The maximum absolute atomic E-state index is 12.6. The fraction of sp³-hybridized carbons (Fsp3) is 0.375. The molecule has 1 aromatic rings. The Labute approximate surface area is 101 Å². The molecule has 1 heterocycles. The fourth-order valence-electron chi connectivity index (χ4n) is 1.08. The highest BCUT2D eigenvalue weighted by atomic mass is 127. The van der Waals surface area contributed by atoms with Crippen molar-refractivity contribution < 1.29 is 26.7 Å². The van der Waals surface area contributed by atoms with E-state index in [-0.39, 0.29) is 5.88 Å². The Morgan fingerprint density at radius 1 is 1.38 bits per heavy atom. The fourth-order valence-corrected chi connectivity index (χ4v) is 2.06. The van der Waals surface area contributed by atoms with Gasteiger partial charge in [-0.1, -0.05) is 0 Å². The molecule has 0 fully saturated rings. The smallest absolute Gasteiger partial charge is 0.418 e. The maximum Gasteiger partial charge on any atom is 0.418 e. The third kappa shape index (κ3) is 2.53. The van der Waals surface area contributed by atoms with Gasteiger partial charge in [0.05, 0.1) is 16.2 Å². The van der Waals surface area contributed by atoms with Crippen molar-refractivity contribution >= 4 is 22.6 Å². The number of alkyl halides is 5. The summed E-state index contributed by atoms with van der Waals surface area (Å²) < 4.78 is 66.6. The Morgan fingerprint density at radius 3 is 2.31 bits per heavy atom. The highest BCUT2D eigenvalue weighted by Gasteiger charge is 2.39. The number of ether oxygens (including phenoxy) is 1. The molecule has 0 aromatic carbocycles. The van der Waals surface area contributed by atoms with Gasteiger partial charge in [0.1, 0.15) is 0 Å². The van der Waals surface area contributed by atoms with Crippen LogP contribution in [0.1, 0.15) is 17.6 Å². The van der Waals surface area contributed by atoms with Gasteiger partial charge in [0.25, 0.3) is 6.43 Å². The predicted octanol–water partition coefficient (Wildman–Crippen LogP) is 3.65. The highest BCUT2D eigenvalue weighted by Crippen LogP contribution is 2.41. The first kappa shape index (κ1) is 13.4. The van der Waals surface area contributed by atoms with Crippen LogP contribution in [-0.2, 0) is 6.18 Å². The summed E-state index contributed by atoms with van der Waals surface area (Å²) in [6.45, 7) is 0. The zero-order valence-corrected chi connectivity index (χ0v) is 9.94. The van der Waals surface area contributed by atoms with E-state index in [0.29, 0.717) is 6.20 Å². The molecule has 90 valence electrons. The normalized spacial score (nSPS) is 12.0. The van der Waals surface area contributed by atoms with Gasteiger partial charge in [0.2, 0.25) is 5.88 Å². The van der Waals surface area contributed by atoms with Crippen LogP contribution in [0.5, 0.6) is 5.88 Å². The molecule has 0 saturated heterocycles. The van der Waals surface area contributed by atoms with Crippen LogP contribution in [0.3, 0.4) is 0 Å². The molecule has 1 rings (SSSR count). The van der Waals surface area contributed by atoms with Crippen LogP contribution in [0.25, 0.3) is 0 Å². The van der Waals surface area contributed by atoms with Gasteiger partial charge in [-0.25, -0.2) is 13.8 Å². The van der Waals surface area contributed by atoms with Crippen LogP contribution in [0.4, 0.5) is 22.0 Å². The molecular weight excluding hydrogens is 348 g/mol. The zero-order chi connectivity index (χ0) is 12.5. The van der Waals surface area contributed by atoms with E-state index in [2.05, 4.69) is 9.72 Å². The van der Waals surface area contributed by atoms with Crippen molar-refractivity contribution in [1.29, 1.82) is 0 Å². The first-order valence-electron chi connectivity index (χ1n) is 3.86. The minimum Gasteiger partial charge on any atom is -0.480 e. The van der Waals surface area contributed by atoms with E-state index in [1.165, 1.54) is 22.6 Å². The number of nitrogens with zero attached hydrogens (tertiary/aromatic N) is 1. The number of pyridine rings is 1. The van der Waals surface area contributed by atoms with Crippen molar-refractivity contribution in [2.75, 3.05) is 7.11 Å². The Bertz CT molecular complexity index is 393. The second kappa shape index (κ2) is 4.68. The van der Waals surface area contributed by atoms with E-state index in [9.17, 15) is 22.0 Å². The number of aromatic nitrogens is 1. The second-order valence-corrected chi connectivity index (χ2v) is 3.79. The quantitative estimate of drug-likeness (QED) is 0.598. The van der Waals surface area contributed by atoms with Gasteiger partial charge in [-0.05, 0) is 22.6 Å². The first-order chi connectivity index (χ1) is 7.29. The largest absolute Gasteiger partial charge is 0.480 e. The number of methoxy groups -OCH3 is 1. The molecule has 0 unspecified atom stereocenters. The zero-order valence-electron chi connectivity index (χ0n) is 7.78. The average Bonchev–Trinajstić information content (AvgIpc) is 2.14. The van der Waals surface area contributed by atoms with Crippen molar-refractivity contribution in [3.63, 3.8) is 0 Å². The minimum atomic E-state index is -4.86. The summed E-state index contributed by atoms with van der Waals surface area (Å²) in [5, 5.41) is 0. The Balaban J connectivity index is 3.50. The standard InChI is InChI=1S/C8H5F5INO/c1-16-7-5(14)4(8(11,12)13)3(2-15-7)6(9)10/h2,6H,1H3. The molecule has 0 amide bonds. The highest BCUT2D eigenvalue weighted by molar-refractivity contribution is 14.1. The van der Waals surface area contributed by atoms with Crippen LogP contribution in [-0.4, -0.2) is 12.1 Å². The number of hydrogen-bond donors (Lipinski definition) is 0. The van der Waals surface area contributed by atoms with E-state index in [4.69, 9.17) is 0 Å². The summed E-state index contributed by atoms with van der Waals surface area (Å²) in [4.78, 5) is 3.38. The molecule has 2 nitrogen and oxygen atoms in total. The summed E-state index contributed by atoms with van der Waals surface area (Å²) in [5.74, 6) is -0.322. The Kier molecular flexibility index (Phi) is 3.92. The van der Waals surface area contributed by atoms with Gasteiger partial charge in [-0.2, -0.15) is 13.2 Å². The summed E-state index contributed by atoms with van der Waals surface area (Å²) in [6.07, 6.45) is -7.61. The van der Waals surface area contributed by atoms with E-state index in [0.717, 1.165) is 7.11 Å². The van der Waals surface area contributed by atoms with Crippen LogP contribution < -0.4 is 4.74 Å². The van der Waals surface area contributed by atoms with E-state index in [1.807, 2.05) is 0 Å². The van der Waals surface area contributed by atoms with Crippen molar-refractivity contribution in [2.24, 2.45) is 0 Å². The summed E-state index contributed by atoms with van der Waals surface area (Å²) in [5.41, 5.74) is -2.53. The van der Waals surface area contributed by atoms with Gasteiger partial charge in [0, 0.05) is 11.8 Å². The van der Waals surface area contributed by atoms with Gasteiger partial charge in [-0.3, -0.25) is 0 Å². The molecule has 1 aromatic heterocycles. The van der Waals surface area contributed by atoms with E-state index in [1.54, 1.807) is 0 Å². The molecule has 0 spiro atoms. The lowest BCUT2D eigenvalue weighted by Gasteiger charge is -2.15. The second-order valence-electron chi connectivity index (χ2n) is 2.71. The topological polar surface area (TPSA) is 22.1 Å². The maximum atomic E-state index is 12.6. The molecule has 0 atom stereocenters. The van der Waals surface area contributed by atoms with Crippen LogP contribution >= 0.6 is 22.6 Å². The van der Waals surface area contributed by atoms with Crippen LogP contribution in [0, 0.1) is 3.57 Å². The molecule has 0 saturated carbocycles.